The first-order valence-corrected chi connectivity index (χ1v) is 54.0. The molecule has 0 saturated carbocycles. The average molecular weight is 1310 g/mol. The van der Waals surface area contributed by atoms with Gasteiger partial charge in [-0.15, -0.1) is 0 Å². The molecule has 3 unspecified atom stereocenters. The molecule has 0 aromatic rings. The molecule has 0 aromatic carbocycles. The van der Waals surface area contributed by atoms with Crippen molar-refractivity contribution in [1.29, 1.82) is 0 Å². The Kier molecular flexibility index (Phi) is 25.9. The fourth-order valence-corrected chi connectivity index (χ4v) is 68.0. The third-order valence-electron chi connectivity index (χ3n) is 14.0. The first-order chi connectivity index (χ1) is 37.1. The van der Waals surface area contributed by atoms with Crippen LogP contribution in [0.2, 0.25) is 99.7 Å². The highest BCUT2D eigenvalue weighted by molar-refractivity contribution is 7.01. The summed E-state index contributed by atoms with van der Waals surface area (Å²) >= 11 is 0. The second kappa shape index (κ2) is 29.4. The fourth-order valence-electron chi connectivity index (χ4n) is 11.3. The molecule has 0 aromatic heterocycles. The van der Waals surface area contributed by atoms with E-state index in [0.29, 0.717) is 81.9 Å². The highest BCUT2D eigenvalue weighted by Gasteiger charge is 2.79. The van der Waals surface area contributed by atoms with Gasteiger partial charge in [0.25, 0.3) is 0 Å². The molecule has 470 valence electrons. The standard InChI is InChI=1S/C52H114O18Si10/c1-43(2)36-74(59-71(15,16)27-21-24-53-30-50-33-56-50)62-77(39-46(7)8)64-75(37-44(3)4,60-72(17,18)28-22-25-54-31-51-34-57-51)66-79(41-48(11)12)67-76(38-45(5)6,61-73(19,20)29-23-26-55-32-52-35-58-52)65-78(63-74,40-47(9)10)69-80(68-77,70-79)42-49(13)14/h43-52H,21-42H2,1-20H3. The van der Waals surface area contributed by atoms with Crippen molar-refractivity contribution >= 4 is 86.6 Å². The maximum absolute atomic E-state index is 8.36. The van der Waals surface area contributed by atoms with Crippen LogP contribution < -0.4 is 0 Å². The highest BCUT2D eigenvalue weighted by atomic mass is 28.6. The van der Waals surface area contributed by atoms with Crippen LogP contribution in [-0.4, -0.2) is 164 Å². The van der Waals surface area contributed by atoms with Gasteiger partial charge in [-0.05, 0) is 118 Å². The van der Waals surface area contributed by atoms with Gasteiger partial charge in [0.05, 0.1) is 39.6 Å². The molecule has 0 amide bonds. The third kappa shape index (κ3) is 23.4. The van der Waals surface area contributed by atoms with Gasteiger partial charge in [0.15, 0.2) is 25.0 Å². The minimum Gasteiger partial charge on any atom is -0.416 e. The number of hydrogen-bond acceptors (Lipinski definition) is 18. The Morgan fingerprint density at radius 3 is 0.713 bits per heavy atom. The fraction of sp³-hybridized carbons (Fsp3) is 1.00. The van der Waals surface area contributed by atoms with Gasteiger partial charge in [0.1, 0.15) is 18.3 Å². The zero-order valence-electron chi connectivity index (χ0n) is 53.7. The lowest BCUT2D eigenvalue weighted by molar-refractivity contribution is 0.00627. The van der Waals surface area contributed by atoms with Crippen LogP contribution in [0, 0.1) is 41.4 Å². The summed E-state index contributed by atoms with van der Waals surface area (Å²) in [6.45, 7) is 50.7. The van der Waals surface area contributed by atoms with Crippen molar-refractivity contribution in [2.75, 3.05) is 59.5 Å². The maximum atomic E-state index is 8.36. The number of fused-ring (bicyclic) bond motifs is 3. The van der Waals surface area contributed by atoms with Crippen molar-refractivity contribution in [1.82, 2.24) is 0 Å². The molecule has 0 radical (unpaired) electrons. The first kappa shape index (κ1) is 70.5. The summed E-state index contributed by atoms with van der Waals surface area (Å²) < 4.78 is 134. The third-order valence-corrected chi connectivity index (χ3v) is 60.7. The molecule has 80 heavy (non-hydrogen) atoms. The van der Waals surface area contributed by atoms with Crippen molar-refractivity contribution in [2.45, 2.75) is 234 Å². The topological polar surface area (TPSA) is 176 Å². The van der Waals surface area contributed by atoms with E-state index in [1.54, 1.807) is 0 Å². The molecule has 0 spiro atoms. The lowest BCUT2D eigenvalue weighted by atomic mass is 10.3. The second-order valence-corrected chi connectivity index (χ2v) is 63.1. The average Bonchev–Trinajstić information content (AvgIpc) is 4.25. The molecule has 6 saturated heterocycles. The molecular weight excluding hydrogens is 1190 g/mol. The Balaban J connectivity index is 1.65. The Morgan fingerprint density at radius 2 is 0.525 bits per heavy atom. The maximum Gasteiger partial charge on any atom is 0.479 e. The SMILES string of the molecule is CC(C)C[Si]1(O[Si](C)(C)CCCOCC2CO2)O[Si]2(CC(C)C)O[Si](CC(C)C)(O[Si](C)(C)CCCOCC3CO3)O[Si]3(CC(C)C)O[Si](CC(C)C)(O[Si](C)(C)CCCOCC4CO4)O[Si](CC(C)C)(O1)O[Si](CC(C)C)(O2)O3. The molecule has 0 N–H and O–H groups in total. The van der Waals surface area contributed by atoms with Crippen LogP contribution in [0.25, 0.3) is 0 Å². The van der Waals surface area contributed by atoms with Crippen molar-refractivity contribution in [3.8, 4) is 0 Å². The van der Waals surface area contributed by atoms with E-state index >= 15 is 0 Å². The van der Waals surface area contributed by atoms with Crippen LogP contribution in [0.1, 0.15) is 116 Å². The smallest absolute Gasteiger partial charge is 0.416 e. The van der Waals surface area contributed by atoms with Gasteiger partial charge in [-0.1, -0.05) is 96.9 Å². The molecule has 6 heterocycles. The summed E-state index contributed by atoms with van der Waals surface area (Å²) in [7, 11) is -37.4. The zero-order chi connectivity index (χ0) is 59.1. The van der Waals surface area contributed by atoms with E-state index in [9.17, 15) is 0 Å². The molecule has 0 aliphatic carbocycles. The zero-order valence-corrected chi connectivity index (χ0v) is 63.7. The summed E-state index contributed by atoms with van der Waals surface area (Å²) in [5, 5.41) is 0. The minimum absolute atomic E-state index is 0.0494. The van der Waals surface area contributed by atoms with Crippen LogP contribution in [0.4, 0.5) is 0 Å². The summed E-state index contributed by atoms with van der Waals surface area (Å²) in [4.78, 5) is 0. The molecule has 28 heteroatoms. The largest absolute Gasteiger partial charge is 0.479 e. The summed E-state index contributed by atoms with van der Waals surface area (Å²) in [5.74, 6) is 0.413. The van der Waals surface area contributed by atoms with Gasteiger partial charge in [-0.25, -0.2) is 0 Å². The Hall–Kier alpha value is 1.45. The molecule has 3 atom stereocenters. The first-order valence-electron chi connectivity index (χ1n) is 31.1. The summed E-state index contributed by atoms with van der Waals surface area (Å²) in [5.41, 5.74) is 0. The van der Waals surface area contributed by atoms with E-state index in [-0.39, 0.29) is 59.7 Å². The summed E-state index contributed by atoms with van der Waals surface area (Å²) in [6.07, 6.45) is 3.05. The molecular formula is C52H114O18Si10. The van der Waals surface area contributed by atoms with Crippen molar-refractivity contribution < 1.29 is 77.8 Å². The van der Waals surface area contributed by atoms with Crippen LogP contribution in [-0.2, 0) is 77.8 Å². The van der Waals surface area contributed by atoms with Gasteiger partial charge in [-0.3, -0.25) is 0 Å². The van der Waals surface area contributed by atoms with E-state index in [2.05, 4.69) is 136 Å². The Bertz CT molecular complexity index is 1660. The van der Waals surface area contributed by atoms with Gasteiger partial charge in [-0.2, -0.15) is 0 Å². The normalized spacial score (nSPS) is 34.0. The molecule has 6 aliphatic heterocycles. The van der Waals surface area contributed by atoms with Crippen LogP contribution in [0.5, 0.6) is 0 Å². The van der Waals surface area contributed by atoms with E-state index in [1.165, 1.54) is 0 Å². The van der Waals surface area contributed by atoms with E-state index in [0.717, 1.165) is 57.2 Å². The molecule has 6 rings (SSSR count). The van der Waals surface area contributed by atoms with Gasteiger partial charge in [0.2, 0.25) is 0 Å². The second-order valence-electron chi connectivity index (χ2n) is 28.9. The Morgan fingerprint density at radius 1 is 0.325 bits per heavy atom. The lowest BCUT2D eigenvalue weighted by Gasteiger charge is -2.60. The summed E-state index contributed by atoms with van der Waals surface area (Å²) in [6, 6.07) is 5.61. The number of epoxide rings is 3. The lowest BCUT2D eigenvalue weighted by Crippen LogP contribution is -2.84. The molecule has 6 aliphatic rings. The molecule has 4 bridgehead atoms. The predicted molar refractivity (Wildman–Crippen MR) is 333 cm³/mol. The Labute approximate surface area is 496 Å². The van der Waals surface area contributed by atoms with E-state index < -0.39 is 86.6 Å². The van der Waals surface area contributed by atoms with Crippen molar-refractivity contribution in [3.05, 3.63) is 0 Å². The number of hydrogen-bond donors (Lipinski definition) is 0. The number of rotatable bonds is 38. The van der Waals surface area contributed by atoms with Crippen LogP contribution >= 0.6 is 0 Å². The quantitative estimate of drug-likeness (QED) is 0.0324. The van der Waals surface area contributed by atoms with E-state index in [1.807, 2.05) is 0 Å². The van der Waals surface area contributed by atoms with Crippen molar-refractivity contribution in [2.24, 2.45) is 41.4 Å². The molecule has 6 fully saturated rings. The predicted octanol–water partition coefficient (Wildman–Crippen LogP) is 12.4. The van der Waals surface area contributed by atoms with Gasteiger partial charge in [0, 0.05) is 62.1 Å². The van der Waals surface area contributed by atoms with Gasteiger partial charge >= 0.3 is 61.6 Å². The number of ether oxygens (including phenoxy) is 6. The monoisotopic (exact) mass is 1310 g/mol. The van der Waals surface area contributed by atoms with Crippen molar-refractivity contribution in [3.63, 3.8) is 0 Å². The molecule has 18 nitrogen and oxygen atoms in total. The highest BCUT2D eigenvalue weighted by Crippen LogP contribution is 2.53. The van der Waals surface area contributed by atoms with E-state index in [4.69, 9.17) is 77.8 Å². The minimum atomic E-state index is -4.22. The van der Waals surface area contributed by atoms with Gasteiger partial charge < -0.3 is 77.8 Å². The van der Waals surface area contributed by atoms with Crippen LogP contribution in [0.15, 0.2) is 0 Å². The van der Waals surface area contributed by atoms with Crippen LogP contribution in [0.3, 0.4) is 0 Å².